The quantitative estimate of drug-likeness (QED) is 0.665. The number of fused-ring (bicyclic) bond motifs is 1. The maximum atomic E-state index is 5.54. The van der Waals surface area contributed by atoms with Gasteiger partial charge >= 0.3 is 0 Å². The van der Waals surface area contributed by atoms with E-state index in [1.54, 1.807) is 7.11 Å². The predicted octanol–water partition coefficient (Wildman–Crippen LogP) is 4.79. The Balaban J connectivity index is 1.48. The van der Waals surface area contributed by atoms with E-state index in [0.29, 0.717) is 0 Å². The predicted molar refractivity (Wildman–Crippen MR) is 114 cm³/mol. The molecule has 0 radical (unpaired) electrons. The van der Waals surface area contributed by atoms with E-state index in [1.807, 2.05) is 0 Å². The number of rotatable bonds is 4. The molecule has 0 saturated carbocycles. The highest BCUT2D eigenvalue weighted by atomic mass is 16.5. The number of ether oxygens (including phenoxy) is 1. The molecule has 3 aromatic rings. The summed E-state index contributed by atoms with van der Waals surface area (Å²) in [4.78, 5) is 5.10. The molecule has 27 heavy (non-hydrogen) atoms. The number of aryl methyl sites for hydroxylation is 2. The van der Waals surface area contributed by atoms with Gasteiger partial charge in [0.1, 0.15) is 5.75 Å². The van der Waals surface area contributed by atoms with Crippen LogP contribution in [0, 0.1) is 13.8 Å². The minimum Gasteiger partial charge on any atom is -0.496 e. The second-order valence-electron chi connectivity index (χ2n) is 7.53. The summed E-state index contributed by atoms with van der Waals surface area (Å²) in [5, 5.41) is 2.50. The Kier molecular flexibility index (Phi) is 5.04. The Bertz CT molecular complexity index is 942. The SMILES string of the molecule is COc1ccc(CN2CCN(c3cc(C)ccc3C)CC2)c2ccccc12. The summed E-state index contributed by atoms with van der Waals surface area (Å²) >= 11 is 0. The molecule has 0 atom stereocenters. The summed E-state index contributed by atoms with van der Waals surface area (Å²) < 4.78 is 5.54. The van der Waals surface area contributed by atoms with Crippen molar-refractivity contribution in [2.24, 2.45) is 0 Å². The van der Waals surface area contributed by atoms with Crippen LogP contribution >= 0.6 is 0 Å². The van der Waals surface area contributed by atoms with E-state index < -0.39 is 0 Å². The van der Waals surface area contributed by atoms with Gasteiger partial charge in [0.05, 0.1) is 7.11 Å². The molecule has 1 fully saturated rings. The molecule has 0 bridgehead atoms. The van der Waals surface area contributed by atoms with Crippen LogP contribution in [0.25, 0.3) is 10.8 Å². The topological polar surface area (TPSA) is 15.7 Å². The minimum atomic E-state index is 0.953. The zero-order chi connectivity index (χ0) is 18.8. The first kappa shape index (κ1) is 17.9. The Labute approximate surface area is 162 Å². The van der Waals surface area contributed by atoms with Crippen LogP contribution in [0.2, 0.25) is 0 Å². The lowest BCUT2D eigenvalue weighted by molar-refractivity contribution is 0.250. The minimum absolute atomic E-state index is 0.953. The summed E-state index contributed by atoms with van der Waals surface area (Å²) in [6, 6.07) is 19.6. The second-order valence-corrected chi connectivity index (χ2v) is 7.53. The molecule has 4 rings (SSSR count). The summed E-state index contributed by atoms with van der Waals surface area (Å²) in [6.45, 7) is 9.72. The molecule has 0 N–H and O–H groups in total. The summed E-state index contributed by atoms with van der Waals surface area (Å²) in [6.07, 6.45) is 0. The molecule has 0 aliphatic carbocycles. The van der Waals surface area contributed by atoms with Crippen molar-refractivity contribution < 1.29 is 4.74 Å². The maximum absolute atomic E-state index is 5.54. The van der Waals surface area contributed by atoms with Gasteiger partial charge in [0.2, 0.25) is 0 Å². The van der Waals surface area contributed by atoms with Crippen molar-refractivity contribution in [2.75, 3.05) is 38.2 Å². The first-order chi connectivity index (χ1) is 13.2. The van der Waals surface area contributed by atoms with Crippen molar-refractivity contribution in [1.82, 2.24) is 4.90 Å². The van der Waals surface area contributed by atoms with Gasteiger partial charge in [-0.1, -0.05) is 42.5 Å². The van der Waals surface area contributed by atoms with Crippen LogP contribution in [0.4, 0.5) is 5.69 Å². The Morgan fingerprint density at radius 3 is 2.33 bits per heavy atom. The first-order valence-corrected chi connectivity index (χ1v) is 9.75. The van der Waals surface area contributed by atoms with E-state index in [0.717, 1.165) is 38.5 Å². The number of piperazine rings is 1. The van der Waals surface area contributed by atoms with Crippen LogP contribution < -0.4 is 9.64 Å². The standard InChI is InChI=1S/C24H28N2O/c1-18-8-9-19(2)23(16-18)26-14-12-25(13-15-26)17-20-10-11-24(27-3)22-7-5-4-6-21(20)22/h4-11,16H,12-15,17H2,1-3H3. The van der Waals surface area contributed by atoms with Crippen molar-refractivity contribution in [3.63, 3.8) is 0 Å². The van der Waals surface area contributed by atoms with E-state index in [1.165, 1.54) is 33.2 Å². The maximum Gasteiger partial charge on any atom is 0.126 e. The fourth-order valence-corrected chi connectivity index (χ4v) is 4.10. The van der Waals surface area contributed by atoms with Crippen LogP contribution in [0.15, 0.2) is 54.6 Å². The average molecular weight is 361 g/mol. The highest BCUT2D eigenvalue weighted by Crippen LogP contribution is 2.29. The first-order valence-electron chi connectivity index (χ1n) is 9.75. The second kappa shape index (κ2) is 7.61. The molecule has 1 saturated heterocycles. The molecule has 1 aliphatic heterocycles. The zero-order valence-electron chi connectivity index (χ0n) is 16.5. The van der Waals surface area contributed by atoms with Crippen LogP contribution in [0.3, 0.4) is 0 Å². The molecule has 0 spiro atoms. The number of hydrogen-bond acceptors (Lipinski definition) is 3. The number of nitrogens with zero attached hydrogens (tertiary/aromatic N) is 2. The normalized spacial score (nSPS) is 15.3. The summed E-state index contributed by atoms with van der Waals surface area (Å²) in [7, 11) is 1.74. The van der Waals surface area contributed by atoms with Gasteiger partial charge in [-0.05, 0) is 48.1 Å². The van der Waals surface area contributed by atoms with Crippen LogP contribution in [0.5, 0.6) is 5.75 Å². The lowest BCUT2D eigenvalue weighted by Crippen LogP contribution is -2.46. The zero-order valence-corrected chi connectivity index (χ0v) is 16.5. The number of benzene rings is 3. The molecule has 3 heteroatoms. The van der Waals surface area contributed by atoms with Gasteiger partial charge in [-0.3, -0.25) is 4.90 Å². The smallest absolute Gasteiger partial charge is 0.126 e. The molecule has 0 unspecified atom stereocenters. The molecule has 3 nitrogen and oxygen atoms in total. The van der Waals surface area contributed by atoms with Gasteiger partial charge in [0.25, 0.3) is 0 Å². The van der Waals surface area contributed by atoms with Gasteiger partial charge in [-0.25, -0.2) is 0 Å². The van der Waals surface area contributed by atoms with Crippen LogP contribution in [-0.2, 0) is 6.54 Å². The molecule has 0 aromatic heterocycles. The molecule has 140 valence electrons. The molecule has 1 heterocycles. The number of anilines is 1. The average Bonchev–Trinajstić information content (AvgIpc) is 2.71. The highest BCUT2D eigenvalue weighted by molar-refractivity contribution is 5.91. The van der Waals surface area contributed by atoms with E-state index in [2.05, 4.69) is 78.2 Å². The monoisotopic (exact) mass is 360 g/mol. The molecular formula is C24H28N2O. The molecule has 1 aliphatic rings. The number of methoxy groups -OCH3 is 1. The van der Waals surface area contributed by atoms with Gasteiger partial charge in [-0.2, -0.15) is 0 Å². The van der Waals surface area contributed by atoms with Crippen molar-refractivity contribution in [2.45, 2.75) is 20.4 Å². The Morgan fingerprint density at radius 2 is 1.59 bits per heavy atom. The van der Waals surface area contributed by atoms with Gasteiger partial charge in [-0.15, -0.1) is 0 Å². The third-order valence-electron chi connectivity index (χ3n) is 5.67. The third kappa shape index (κ3) is 3.65. The highest BCUT2D eigenvalue weighted by Gasteiger charge is 2.19. The lowest BCUT2D eigenvalue weighted by atomic mass is 10.0. The van der Waals surface area contributed by atoms with Crippen molar-refractivity contribution in [1.29, 1.82) is 0 Å². The fraction of sp³-hybridized carbons (Fsp3) is 0.333. The largest absolute Gasteiger partial charge is 0.496 e. The van der Waals surface area contributed by atoms with E-state index in [-0.39, 0.29) is 0 Å². The summed E-state index contributed by atoms with van der Waals surface area (Å²) in [5.74, 6) is 0.953. The van der Waals surface area contributed by atoms with E-state index >= 15 is 0 Å². The van der Waals surface area contributed by atoms with E-state index in [4.69, 9.17) is 4.74 Å². The van der Waals surface area contributed by atoms with Crippen molar-refractivity contribution in [3.05, 3.63) is 71.3 Å². The number of hydrogen-bond donors (Lipinski definition) is 0. The fourth-order valence-electron chi connectivity index (χ4n) is 4.10. The lowest BCUT2D eigenvalue weighted by Gasteiger charge is -2.37. The third-order valence-corrected chi connectivity index (χ3v) is 5.67. The molecular weight excluding hydrogens is 332 g/mol. The van der Waals surface area contributed by atoms with Crippen LogP contribution in [-0.4, -0.2) is 38.2 Å². The van der Waals surface area contributed by atoms with Gasteiger partial charge < -0.3 is 9.64 Å². The van der Waals surface area contributed by atoms with E-state index in [9.17, 15) is 0 Å². The Morgan fingerprint density at radius 1 is 0.852 bits per heavy atom. The summed E-state index contributed by atoms with van der Waals surface area (Å²) in [5.41, 5.74) is 5.48. The molecule has 3 aromatic carbocycles. The van der Waals surface area contributed by atoms with Gasteiger partial charge in [0, 0.05) is 43.8 Å². The van der Waals surface area contributed by atoms with Crippen molar-refractivity contribution in [3.8, 4) is 5.75 Å². The molecule has 0 amide bonds. The van der Waals surface area contributed by atoms with Gasteiger partial charge in [0.15, 0.2) is 0 Å². The Hall–Kier alpha value is -2.52. The van der Waals surface area contributed by atoms with Crippen molar-refractivity contribution >= 4 is 16.5 Å². The van der Waals surface area contributed by atoms with Crippen LogP contribution in [0.1, 0.15) is 16.7 Å².